The summed E-state index contributed by atoms with van der Waals surface area (Å²) in [6, 6.07) is 9.43. The van der Waals surface area contributed by atoms with Crippen LogP contribution in [0, 0.1) is 0 Å². The zero-order valence-corrected chi connectivity index (χ0v) is 12.6. The Labute approximate surface area is 122 Å². The van der Waals surface area contributed by atoms with E-state index in [0.29, 0.717) is 13.0 Å². The van der Waals surface area contributed by atoms with Crippen LogP contribution in [0.2, 0.25) is 0 Å². The van der Waals surface area contributed by atoms with Crippen molar-refractivity contribution in [2.45, 2.75) is 58.0 Å². The maximum Gasteiger partial charge on any atom is 0.309 e. The molecule has 1 aromatic carbocycles. The molecule has 0 aliphatic carbocycles. The van der Waals surface area contributed by atoms with Crippen molar-refractivity contribution < 1.29 is 14.6 Å². The third-order valence-corrected chi connectivity index (χ3v) is 3.50. The SMILES string of the molecule is CCCCCCC(O)(CC(=O)OCC)c1ccccc1. The fourth-order valence-electron chi connectivity index (χ4n) is 2.38. The van der Waals surface area contributed by atoms with Crippen molar-refractivity contribution in [3.05, 3.63) is 35.9 Å². The van der Waals surface area contributed by atoms with E-state index in [-0.39, 0.29) is 12.4 Å². The standard InChI is InChI=1S/C17H26O3/c1-3-5-6-10-13-17(19,14-16(18)20-4-2)15-11-8-7-9-12-15/h7-9,11-12,19H,3-6,10,13-14H2,1-2H3. The number of aliphatic hydroxyl groups is 1. The van der Waals surface area contributed by atoms with Crippen LogP contribution in [0.15, 0.2) is 30.3 Å². The molecule has 0 fully saturated rings. The van der Waals surface area contributed by atoms with Crippen LogP contribution in [0.3, 0.4) is 0 Å². The Hall–Kier alpha value is -1.35. The number of rotatable bonds is 9. The monoisotopic (exact) mass is 278 g/mol. The van der Waals surface area contributed by atoms with E-state index >= 15 is 0 Å². The van der Waals surface area contributed by atoms with Crippen molar-refractivity contribution in [2.75, 3.05) is 6.61 Å². The van der Waals surface area contributed by atoms with Gasteiger partial charge in [0.2, 0.25) is 0 Å². The van der Waals surface area contributed by atoms with Gasteiger partial charge in [-0.2, -0.15) is 0 Å². The molecule has 0 aliphatic rings. The van der Waals surface area contributed by atoms with Gasteiger partial charge in [-0.15, -0.1) is 0 Å². The highest BCUT2D eigenvalue weighted by Gasteiger charge is 2.32. The molecule has 20 heavy (non-hydrogen) atoms. The van der Waals surface area contributed by atoms with Gasteiger partial charge in [0.25, 0.3) is 0 Å². The Kier molecular flexibility index (Phi) is 7.31. The molecule has 0 spiro atoms. The summed E-state index contributed by atoms with van der Waals surface area (Å²) in [7, 11) is 0. The van der Waals surface area contributed by atoms with Gasteiger partial charge in [-0.05, 0) is 18.9 Å². The highest BCUT2D eigenvalue weighted by molar-refractivity contribution is 5.71. The molecular weight excluding hydrogens is 252 g/mol. The summed E-state index contributed by atoms with van der Waals surface area (Å²) in [4.78, 5) is 11.7. The fraction of sp³-hybridized carbons (Fsp3) is 0.588. The van der Waals surface area contributed by atoms with Crippen LogP contribution < -0.4 is 0 Å². The third kappa shape index (κ3) is 5.33. The topological polar surface area (TPSA) is 46.5 Å². The second-order valence-electron chi connectivity index (χ2n) is 5.19. The molecule has 1 atom stereocenters. The Bertz CT molecular complexity index is 388. The first-order chi connectivity index (χ1) is 9.62. The van der Waals surface area contributed by atoms with Gasteiger partial charge in [-0.1, -0.05) is 62.9 Å². The van der Waals surface area contributed by atoms with Gasteiger partial charge in [0.1, 0.15) is 5.60 Å². The summed E-state index contributed by atoms with van der Waals surface area (Å²) in [6.07, 6.45) is 4.92. The summed E-state index contributed by atoms with van der Waals surface area (Å²) in [5, 5.41) is 10.9. The van der Waals surface area contributed by atoms with Crippen LogP contribution in [0.25, 0.3) is 0 Å². The van der Waals surface area contributed by atoms with E-state index in [1.165, 1.54) is 0 Å². The predicted molar refractivity (Wildman–Crippen MR) is 80.3 cm³/mol. The highest BCUT2D eigenvalue weighted by Crippen LogP contribution is 2.31. The largest absolute Gasteiger partial charge is 0.466 e. The minimum Gasteiger partial charge on any atom is -0.466 e. The summed E-state index contributed by atoms with van der Waals surface area (Å²) in [5.41, 5.74) is -0.314. The van der Waals surface area contributed by atoms with E-state index < -0.39 is 5.60 Å². The first kappa shape index (κ1) is 16.7. The van der Waals surface area contributed by atoms with E-state index in [1.807, 2.05) is 30.3 Å². The van der Waals surface area contributed by atoms with Crippen molar-refractivity contribution >= 4 is 5.97 Å². The van der Waals surface area contributed by atoms with Crippen molar-refractivity contribution in [1.29, 1.82) is 0 Å². The molecule has 1 unspecified atom stereocenters. The summed E-state index contributed by atoms with van der Waals surface area (Å²) in [6.45, 7) is 4.28. The number of unbranched alkanes of at least 4 members (excludes halogenated alkanes) is 3. The Morgan fingerprint density at radius 2 is 1.85 bits per heavy atom. The Morgan fingerprint density at radius 1 is 1.15 bits per heavy atom. The van der Waals surface area contributed by atoms with Crippen LogP contribution in [-0.2, 0) is 15.1 Å². The van der Waals surface area contributed by atoms with Crippen LogP contribution in [0.4, 0.5) is 0 Å². The molecule has 112 valence electrons. The second kappa shape index (κ2) is 8.75. The number of benzene rings is 1. The minimum absolute atomic E-state index is 0.0248. The second-order valence-corrected chi connectivity index (χ2v) is 5.19. The van der Waals surface area contributed by atoms with Gasteiger partial charge in [0.15, 0.2) is 0 Å². The number of carbonyl (C=O) groups is 1. The van der Waals surface area contributed by atoms with Crippen LogP contribution >= 0.6 is 0 Å². The van der Waals surface area contributed by atoms with E-state index in [0.717, 1.165) is 31.2 Å². The molecule has 3 heteroatoms. The number of esters is 1. The molecule has 0 saturated carbocycles. The maximum atomic E-state index is 11.7. The summed E-state index contributed by atoms with van der Waals surface area (Å²) >= 11 is 0. The van der Waals surface area contributed by atoms with Crippen molar-refractivity contribution in [2.24, 2.45) is 0 Å². The average Bonchev–Trinajstić information content (AvgIpc) is 2.45. The lowest BCUT2D eigenvalue weighted by Crippen LogP contribution is -2.30. The lowest BCUT2D eigenvalue weighted by atomic mass is 9.85. The van der Waals surface area contributed by atoms with Crippen molar-refractivity contribution in [3.8, 4) is 0 Å². The highest BCUT2D eigenvalue weighted by atomic mass is 16.5. The quantitative estimate of drug-likeness (QED) is 0.552. The first-order valence-electron chi connectivity index (χ1n) is 7.56. The number of ether oxygens (including phenoxy) is 1. The maximum absolute atomic E-state index is 11.7. The zero-order valence-electron chi connectivity index (χ0n) is 12.6. The smallest absolute Gasteiger partial charge is 0.309 e. The number of hydrogen-bond acceptors (Lipinski definition) is 3. The molecule has 0 aliphatic heterocycles. The number of hydrogen-bond donors (Lipinski definition) is 1. The lowest BCUT2D eigenvalue weighted by Gasteiger charge is -2.28. The molecule has 0 saturated heterocycles. The molecule has 1 aromatic rings. The van der Waals surface area contributed by atoms with E-state index in [1.54, 1.807) is 6.92 Å². The zero-order chi connectivity index (χ0) is 14.8. The Morgan fingerprint density at radius 3 is 2.45 bits per heavy atom. The lowest BCUT2D eigenvalue weighted by molar-refractivity contribution is -0.149. The minimum atomic E-state index is -1.11. The molecule has 0 heterocycles. The fourth-order valence-corrected chi connectivity index (χ4v) is 2.38. The van der Waals surface area contributed by atoms with Gasteiger partial charge in [0, 0.05) is 0 Å². The molecule has 0 bridgehead atoms. The van der Waals surface area contributed by atoms with Gasteiger partial charge in [-0.3, -0.25) is 4.79 Å². The number of carbonyl (C=O) groups excluding carboxylic acids is 1. The van der Waals surface area contributed by atoms with Gasteiger partial charge in [-0.25, -0.2) is 0 Å². The molecule has 0 amide bonds. The van der Waals surface area contributed by atoms with E-state index in [2.05, 4.69) is 6.92 Å². The molecule has 0 radical (unpaired) electrons. The average molecular weight is 278 g/mol. The predicted octanol–water partition coefficient (Wildman–Crippen LogP) is 3.80. The normalized spacial score (nSPS) is 13.8. The van der Waals surface area contributed by atoms with Gasteiger partial charge < -0.3 is 9.84 Å². The molecule has 1 rings (SSSR count). The van der Waals surface area contributed by atoms with Crippen LogP contribution in [-0.4, -0.2) is 17.7 Å². The van der Waals surface area contributed by atoms with Crippen LogP contribution in [0.5, 0.6) is 0 Å². The molecule has 0 aromatic heterocycles. The Balaban J connectivity index is 2.74. The van der Waals surface area contributed by atoms with Gasteiger partial charge in [0.05, 0.1) is 13.0 Å². The molecule has 3 nitrogen and oxygen atoms in total. The van der Waals surface area contributed by atoms with Crippen LogP contribution in [0.1, 0.15) is 57.9 Å². The van der Waals surface area contributed by atoms with Crippen molar-refractivity contribution in [3.63, 3.8) is 0 Å². The molecular formula is C17H26O3. The summed E-state index contributed by atoms with van der Waals surface area (Å²) < 4.78 is 4.99. The van der Waals surface area contributed by atoms with Gasteiger partial charge >= 0.3 is 5.97 Å². The first-order valence-corrected chi connectivity index (χ1v) is 7.56. The van der Waals surface area contributed by atoms with E-state index in [4.69, 9.17) is 4.74 Å². The van der Waals surface area contributed by atoms with Crippen molar-refractivity contribution in [1.82, 2.24) is 0 Å². The van der Waals surface area contributed by atoms with E-state index in [9.17, 15) is 9.90 Å². The third-order valence-electron chi connectivity index (χ3n) is 3.50. The molecule has 1 N–H and O–H groups in total. The summed E-state index contributed by atoms with van der Waals surface area (Å²) in [5.74, 6) is -0.339.